The SMILES string of the molecule is CC(=O)OC12CC(F)C3(C)C(=O)CC4=C(C)[C]CC(O)(C(OC(=O)c5ccccc5)C3C1(OC(C)=O)CO2)C4(C)C. The van der Waals surface area contributed by atoms with Gasteiger partial charge in [0.25, 0.3) is 5.79 Å². The summed E-state index contributed by atoms with van der Waals surface area (Å²) in [6, 6.07) is 8.04. The molecule has 1 saturated heterocycles. The summed E-state index contributed by atoms with van der Waals surface area (Å²) in [5, 5.41) is 12.7. The third-order valence-electron chi connectivity index (χ3n) is 9.91. The van der Waals surface area contributed by atoms with Crippen molar-refractivity contribution in [2.75, 3.05) is 6.61 Å². The van der Waals surface area contributed by atoms with Crippen molar-refractivity contribution in [2.45, 2.75) is 90.1 Å². The average Bonchev–Trinajstić information content (AvgIpc) is 2.89. The number of ketones is 1. The number of ether oxygens (including phenoxy) is 4. The summed E-state index contributed by atoms with van der Waals surface area (Å²) in [7, 11) is 0. The highest BCUT2D eigenvalue weighted by atomic mass is 19.1. The van der Waals surface area contributed by atoms with Crippen LogP contribution in [0.2, 0.25) is 0 Å². The van der Waals surface area contributed by atoms with Crippen LogP contribution in [0.4, 0.5) is 4.39 Å². The molecule has 1 heterocycles. The van der Waals surface area contributed by atoms with Crippen LogP contribution in [0, 0.1) is 23.2 Å². The monoisotopic (exact) mass is 570 g/mol. The maximum absolute atomic E-state index is 16.7. The van der Waals surface area contributed by atoms with E-state index in [-0.39, 0.29) is 25.0 Å². The number of halogens is 1. The number of rotatable bonds is 4. The van der Waals surface area contributed by atoms with E-state index in [4.69, 9.17) is 18.9 Å². The van der Waals surface area contributed by atoms with Gasteiger partial charge in [0.2, 0.25) is 5.60 Å². The Hall–Kier alpha value is -3.11. The van der Waals surface area contributed by atoms with Crippen LogP contribution in [-0.2, 0) is 33.3 Å². The molecule has 0 aromatic heterocycles. The van der Waals surface area contributed by atoms with Gasteiger partial charge in [-0.15, -0.1) is 0 Å². The van der Waals surface area contributed by atoms with E-state index in [2.05, 4.69) is 6.42 Å². The largest absolute Gasteiger partial charge is 0.455 e. The Balaban J connectivity index is 1.81. The average molecular weight is 571 g/mol. The molecule has 2 saturated carbocycles. The molecule has 9 nitrogen and oxygen atoms in total. The smallest absolute Gasteiger partial charge is 0.338 e. The maximum Gasteiger partial charge on any atom is 0.338 e. The van der Waals surface area contributed by atoms with Crippen molar-refractivity contribution in [3.63, 3.8) is 0 Å². The zero-order valence-electron chi connectivity index (χ0n) is 24.0. The Labute approximate surface area is 238 Å². The molecular formula is C31H35FO9. The van der Waals surface area contributed by atoms with Gasteiger partial charge < -0.3 is 24.1 Å². The molecule has 0 amide bonds. The number of allylic oxidation sites excluding steroid dienone is 1. The van der Waals surface area contributed by atoms with E-state index in [1.807, 2.05) is 0 Å². The first-order chi connectivity index (χ1) is 19.1. The number of carbonyl (C=O) groups excluding carboxylic acids is 4. The van der Waals surface area contributed by atoms with E-state index in [1.165, 1.54) is 19.1 Å². The number of carbonyl (C=O) groups is 4. The van der Waals surface area contributed by atoms with Gasteiger partial charge in [0.15, 0.2) is 0 Å². The first-order valence-corrected chi connectivity index (χ1v) is 13.7. The molecule has 7 unspecified atom stereocenters. The Morgan fingerprint density at radius 3 is 2.27 bits per heavy atom. The fourth-order valence-electron chi connectivity index (χ4n) is 7.47. The molecular weight excluding hydrogens is 535 g/mol. The summed E-state index contributed by atoms with van der Waals surface area (Å²) in [6.45, 7) is 8.49. The van der Waals surface area contributed by atoms with Gasteiger partial charge in [0, 0.05) is 38.5 Å². The van der Waals surface area contributed by atoms with E-state index < -0.39 is 76.1 Å². The number of hydrogen-bond donors (Lipinski definition) is 1. The van der Waals surface area contributed by atoms with Crippen LogP contribution in [0.1, 0.15) is 71.2 Å². The van der Waals surface area contributed by atoms with Crippen molar-refractivity contribution in [1.82, 2.24) is 0 Å². The van der Waals surface area contributed by atoms with Gasteiger partial charge in [-0.05, 0) is 32.4 Å². The highest BCUT2D eigenvalue weighted by Gasteiger charge is 2.83. The second-order valence-corrected chi connectivity index (χ2v) is 12.3. The van der Waals surface area contributed by atoms with Gasteiger partial charge in [-0.3, -0.25) is 14.4 Å². The Bertz CT molecular complexity index is 1340. The molecule has 220 valence electrons. The number of aliphatic hydroxyl groups is 1. The van der Waals surface area contributed by atoms with E-state index in [0.717, 1.165) is 13.8 Å². The third kappa shape index (κ3) is 3.93. The van der Waals surface area contributed by atoms with Crippen molar-refractivity contribution in [2.24, 2.45) is 16.7 Å². The molecule has 7 atom stereocenters. The van der Waals surface area contributed by atoms with Crippen LogP contribution in [0.5, 0.6) is 0 Å². The van der Waals surface area contributed by atoms with Gasteiger partial charge in [0.05, 0.1) is 23.5 Å². The van der Waals surface area contributed by atoms with Crippen LogP contribution in [0.3, 0.4) is 0 Å². The van der Waals surface area contributed by atoms with Gasteiger partial charge in [0.1, 0.15) is 23.7 Å². The number of alkyl halides is 1. The van der Waals surface area contributed by atoms with Crippen LogP contribution in [0.15, 0.2) is 41.5 Å². The first kappa shape index (κ1) is 29.4. The number of benzene rings is 1. The topological polar surface area (TPSA) is 125 Å². The molecule has 10 heteroatoms. The molecule has 4 aliphatic rings. The van der Waals surface area contributed by atoms with Crippen molar-refractivity contribution in [3.05, 3.63) is 53.5 Å². The minimum Gasteiger partial charge on any atom is -0.455 e. The minimum absolute atomic E-state index is 0.128. The number of hydrogen-bond acceptors (Lipinski definition) is 9. The van der Waals surface area contributed by atoms with Gasteiger partial charge in [-0.2, -0.15) is 0 Å². The summed E-state index contributed by atoms with van der Waals surface area (Å²) < 4.78 is 40.0. The van der Waals surface area contributed by atoms with Crippen LogP contribution in [0.25, 0.3) is 0 Å². The lowest BCUT2D eigenvalue weighted by atomic mass is 9.45. The van der Waals surface area contributed by atoms with Crippen LogP contribution in [-0.4, -0.2) is 64.7 Å². The molecule has 2 radical (unpaired) electrons. The predicted octanol–water partition coefficient (Wildman–Crippen LogP) is 3.70. The molecule has 0 spiro atoms. The fraction of sp³-hybridized carbons (Fsp3) is 0.581. The highest BCUT2D eigenvalue weighted by Crippen LogP contribution is 2.67. The summed E-state index contributed by atoms with van der Waals surface area (Å²) in [5.41, 5.74) is -5.66. The van der Waals surface area contributed by atoms with Crippen molar-refractivity contribution < 1.29 is 47.6 Å². The third-order valence-corrected chi connectivity index (χ3v) is 9.91. The summed E-state index contributed by atoms with van der Waals surface area (Å²) in [4.78, 5) is 52.9. The lowest BCUT2D eigenvalue weighted by Gasteiger charge is -2.69. The molecule has 2 bridgehead atoms. The van der Waals surface area contributed by atoms with Crippen LogP contribution >= 0.6 is 0 Å². The zero-order chi connectivity index (χ0) is 30.2. The van der Waals surface area contributed by atoms with Gasteiger partial charge in [-0.1, -0.05) is 43.2 Å². The van der Waals surface area contributed by atoms with E-state index in [1.54, 1.807) is 39.0 Å². The number of Topliss-reactive ketones (excluding diaryl/α,β-unsaturated/α-hetero) is 1. The summed E-state index contributed by atoms with van der Waals surface area (Å²) in [5.74, 6) is -6.62. The van der Waals surface area contributed by atoms with Gasteiger partial charge in [-0.25, -0.2) is 9.18 Å². The Morgan fingerprint density at radius 1 is 1.07 bits per heavy atom. The molecule has 1 N–H and O–H groups in total. The lowest BCUT2D eigenvalue weighted by molar-refractivity contribution is -0.448. The second-order valence-electron chi connectivity index (χ2n) is 12.3. The number of fused-ring (bicyclic) bond motifs is 5. The molecule has 1 aromatic carbocycles. The van der Waals surface area contributed by atoms with Crippen LogP contribution < -0.4 is 0 Å². The normalized spacial score (nSPS) is 39.2. The molecule has 41 heavy (non-hydrogen) atoms. The molecule has 1 aliphatic heterocycles. The van der Waals surface area contributed by atoms with Crippen molar-refractivity contribution in [1.29, 1.82) is 0 Å². The molecule has 5 rings (SSSR count). The standard InChI is InChI=1S/C31H35FO9/c1-17-12-13-29(37)25(39-26(36)20-10-8-7-9-11-20)24-28(6,23(35)14-21(17)27(29,4)5)22(32)15-31(41-19(3)34)30(24,16-38-31)40-18(2)33/h7-11,22,24-25,37H,13-16H2,1-6H3. The quantitative estimate of drug-likeness (QED) is 0.426. The maximum atomic E-state index is 16.7. The molecule has 1 aromatic rings. The first-order valence-electron chi connectivity index (χ1n) is 13.7. The lowest BCUT2D eigenvalue weighted by Crippen LogP contribution is -2.85. The van der Waals surface area contributed by atoms with E-state index in [0.29, 0.717) is 11.1 Å². The minimum atomic E-state index is -2.11. The molecule has 3 aliphatic carbocycles. The second kappa shape index (κ2) is 9.46. The molecule has 3 fully saturated rings. The summed E-state index contributed by atoms with van der Waals surface area (Å²) >= 11 is 0. The predicted molar refractivity (Wildman–Crippen MR) is 141 cm³/mol. The summed E-state index contributed by atoms with van der Waals surface area (Å²) in [6.07, 6.45) is -1.42. The van der Waals surface area contributed by atoms with E-state index in [9.17, 15) is 24.3 Å². The highest BCUT2D eigenvalue weighted by molar-refractivity contribution is 5.91. The van der Waals surface area contributed by atoms with Gasteiger partial charge >= 0.3 is 17.9 Å². The Kier molecular flexibility index (Phi) is 6.78. The van der Waals surface area contributed by atoms with Crippen molar-refractivity contribution in [3.8, 4) is 0 Å². The number of esters is 3. The van der Waals surface area contributed by atoms with E-state index >= 15 is 4.39 Å². The Morgan fingerprint density at radius 2 is 1.71 bits per heavy atom. The fourth-order valence-corrected chi connectivity index (χ4v) is 7.47. The van der Waals surface area contributed by atoms with Crippen molar-refractivity contribution >= 4 is 23.7 Å². The zero-order valence-corrected chi connectivity index (χ0v) is 24.0.